The van der Waals surface area contributed by atoms with Crippen molar-refractivity contribution in [2.45, 2.75) is 58.0 Å². The number of hydrogen-bond acceptors (Lipinski definition) is 6. The first-order chi connectivity index (χ1) is 17.2. The molecule has 0 saturated heterocycles. The molecule has 0 radical (unpaired) electrons. The summed E-state index contributed by atoms with van der Waals surface area (Å²) in [5.74, 6) is 0.0903. The van der Waals surface area contributed by atoms with Gasteiger partial charge in [-0.3, -0.25) is 9.78 Å². The van der Waals surface area contributed by atoms with Crippen molar-refractivity contribution in [3.05, 3.63) is 69.7 Å². The number of pyridine rings is 1. The van der Waals surface area contributed by atoms with Gasteiger partial charge in [0.25, 0.3) is 5.56 Å². The van der Waals surface area contributed by atoms with E-state index in [-0.39, 0.29) is 22.8 Å². The Kier molecular flexibility index (Phi) is 5.22. The highest BCUT2D eigenvalue weighted by Gasteiger charge is 2.31. The molecule has 6 rings (SSSR count). The largest absolute Gasteiger partial charge is 0.324 e. The van der Waals surface area contributed by atoms with Crippen molar-refractivity contribution in [3.8, 4) is 5.69 Å². The molecule has 36 heavy (non-hydrogen) atoms. The second-order valence-electron chi connectivity index (χ2n) is 11.0. The van der Waals surface area contributed by atoms with Crippen LogP contribution in [0.15, 0.2) is 41.5 Å². The molecule has 4 heterocycles. The van der Waals surface area contributed by atoms with E-state index in [1.807, 2.05) is 29.9 Å². The normalized spacial score (nSPS) is 16.4. The van der Waals surface area contributed by atoms with Crippen LogP contribution in [0.1, 0.15) is 56.5 Å². The molecular weight excluding hydrogens is 457 g/mol. The van der Waals surface area contributed by atoms with Crippen LogP contribution in [0.4, 0.5) is 16.0 Å². The van der Waals surface area contributed by atoms with E-state index < -0.39 is 0 Å². The lowest BCUT2D eigenvalue weighted by Gasteiger charge is -2.25. The summed E-state index contributed by atoms with van der Waals surface area (Å²) in [6.07, 6.45) is 6.04. The van der Waals surface area contributed by atoms with E-state index >= 15 is 0 Å². The molecule has 1 aliphatic heterocycles. The van der Waals surface area contributed by atoms with Gasteiger partial charge in [-0.15, -0.1) is 0 Å². The van der Waals surface area contributed by atoms with Gasteiger partial charge in [0.1, 0.15) is 11.2 Å². The predicted octanol–water partition coefficient (Wildman–Crippen LogP) is 4.48. The summed E-state index contributed by atoms with van der Waals surface area (Å²) >= 11 is 0. The van der Waals surface area contributed by atoms with Crippen LogP contribution in [0, 0.1) is 5.82 Å². The first-order valence-corrected chi connectivity index (χ1v) is 12.4. The zero-order valence-corrected chi connectivity index (χ0v) is 21.0. The molecule has 1 fully saturated rings. The van der Waals surface area contributed by atoms with Crippen LogP contribution >= 0.6 is 0 Å². The van der Waals surface area contributed by atoms with Gasteiger partial charge in [-0.25, -0.2) is 18.7 Å². The van der Waals surface area contributed by atoms with Crippen molar-refractivity contribution in [2.75, 3.05) is 18.9 Å². The van der Waals surface area contributed by atoms with Crippen LogP contribution in [-0.4, -0.2) is 42.8 Å². The molecule has 1 aliphatic carbocycles. The standard InChI is InChI=1S/C27H30FN7O/c1-27(2,3)23-13-19(7-9-29-23)34-24-20(25(36)35(34)18-5-6-18)14-30-26(32-24)31-17-11-16-8-10-33(4)15-21(16)22(28)12-17/h7,9,11-14,18H,5-6,8,10,15H2,1-4H3,(H,30,31,32). The Balaban J connectivity index is 1.45. The number of nitrogens with one attached hydrogen (secondary N) is 1. The molecule has 1 saturated carbocycles. The number of anilines is 2. The molecule has 186 valence electrons. The summed E-state index contributed by atoms with van der Waals surface area (Å²) in [7, 11) is 2.00. The van der Waals surface area contributed by atoms with E-state index in [4.69, 9.17) is 4.98 Å². The average molecular weight is 488 g/mol. The first-order valence-electron chi connectivity index (χ1n) is 12.4. The van der Waals surface area contributed by atoms with Crippen LogP contribution in [0.25, 0.3) is 16.7 Å². The summed E-state index contributed by atoms with van der Waals surface area (Å²) < 4.78 is 18.6. The smallest absolute Gasteiger partial charge is 0.278 e. The minimum absolute atomic E-state index is 0.0999. The molecule has 1 aromatic carbocycles. The monoisotopic (exact) mass is 487 g/mol. The molecule has 8 nitrogen and oxygen atoms in total. The van der Waals surface area contributed by atoms with Gasteiger partial charge in [0, 0.05) is 47.8 Å². The van der Waals surface area contributed by atoms with Crippen molar-refractivity contribution in [2.24, 2.45) is 0 Å². The van der Waals surface area contributed by atoms with Gasteiger partial charge in [-0.2, -0.15) is 4.98 Å². The molecule has 0 bridgehead atoms. The number of rotatable bonds is 4. The fraction of sp³-hybridized carbons (Fsp3) is 0.407. The number of halogens is 1. The van der Waals surface area contributed by atoms with E-state index in [0.717, 1.165) is 48.3 Å². The Morgan fingerprint density at radius 3 is 2.69 bits per heavy atom. The second kappa shape index (κ2) is 8.23. The molecule has 9 heteroatoms. The molecule has 0 atom stereocenters. The fourth-order valence-electron chi connectivity index (χ4n) is 4.87. The Labute approximate surface area is 208 Å². The van der Waals surface area contributed by atoms with E-state index in [2.05, 4.69) is 41.0 Å². The van der Waals surface area contributed by atoms with Crippen molar-refractivity contribution in [3.63, 3.8) is 0 Å². The van der Waals surface area contributed by atoms with E-state index in [1.54, 1.807) is 17.1 Å². The maximum atomic E-state index is 14.9. The van der Waals surface area contributed by atoms with Gasteiger partial charge in [-0.05, 0) is 56.1 Å². The zero-order valence-electron chi connectivity index (χ0n) is 21.0. The summed E-state index contributed by atoms with van der Waals surface area (Å²) in [6, 6.07) is 7.52. The van der Waals surface area contributed by atoms with Gasteiger partial charge < -0.3 is 10.2 Å². The minimum Gasteiger partial charge on any atom is -0.324 e. The third kappa shape index (κ3) is 3.97. The summed E-state index contributed by atoms with van der Waals surface area (Å²) in [6.45, 7) is 7.83. The van der Waals surface area contributed by atoms with Gasteiger partial charge in [0.15, 0.2) is 5.65 Å². The SMILES string of the molecule is CN1CCc2cc(Nc3ncc4c(=O)n(C5CC5)n(-c5ccnc(C(C)(C)C)c5)c4n3)cc(F)c2C1. The lowest BCUT2D eigenvalue weighted by atomic mass is 9.91. The number of aromatic nitrogens is 5. The Morgan fingerprint density at radius 2 is 1.94 bits per heavy atom. The number of nitrogens with zero attached hydrogens (tertiary/aromatic N) is 6. The highest BCUT2D eigenvalue weighted by Crippen LogP contribution is 2.36. The first kappa shape index (κ1) is 22.8. The molecule has 0 unspecified atom stereocenters. The molecule has 4 aromatic rings. The lowest BCUT2D eigenvalue weighted by Crippen LogP contribution is -2.27. The number of fused-ring (bicyclic) bond motifs is 2. The summed E-state index contributed by atoms with van der Waals surface area (Å²) in [4.78, 5) is 29.2. The second-order valence-corrected chi connectivity index (χ2v) is 11.0. The number of benzene rings is 1. The summed E-state index contributed by atoms with van der Waals surface area (Å²) in [5, 5.41) is 3.63. The topological polar surface area (TPSA) is 80.9 Å². The predicted molar refractivity (Wildman–Crippen MR) is 138 cm³/mol. The molecule has 3 aromatic heterocycles. The van der Waals surface area contributed by atoms with Crippen LogP contribution in [-0.2, 0) is 18.4 Å². The summed E-state index contributed by atoms with van der Waals surface area (Å²) in [5.41, 5.74) is 4.39. The van der Waals surface area contributed by atoms with Crippen LogP contribution in [0.3, 0.4) is 0 Å². The van der Waals surface area contributed by atoms with Crippen LogP contribution in [0.2, 0.25) is 0 Å². The van der Waals surface area contributed by atoms with Gasteiger partial charge in [0.2, 0.25) is 5.95 Å². The Morgan fingerprint density at radius 1 is 1.14 bits per heavy atom. The van der Waals surface area contributed by atoms with Crippen molar-refractivity contribution >= 4 is 22.7 Å². The maximum absolute atomic E-state index is 14.9. The van der Waals surface area contributed by atoms with Crippen molar-refractivity contribution in [1.29, 1.82) is 0 Å². The number of hydrogen-bond donors (Lipinski definition) is 1. The fourth-order valence-corrected chi connectivity index (χ4v) is 4.87. The van der Waals surface area contributed by atoms with E-state index in [1.165, 1.54) is 6.07 Å². The van der Waals surface area contributed by atoms with Gasteiger partial charge in [-0.1, -0.05) is 20.8 Å². The van der Waals surface area contributed by atoms with E-state index in [9.17, 15) is 9.18 Å². The van der Waals surface area contributed by atoms with Gasteiger partial charge in [0.05, 0.1) is 11.7 Å². The molecular formula is C27H30FN7O. The Bertz CT molecular complexity index is 1540. The van der Waals surface area contributed by atoms with Gasteiger partial charge >= 0.3 is 0 Å². The third-order valence-electron chi connectivity index (χ3n) is 7.01. The molecule has 1 N–H and O–H groups in total. The van der Waals surface area contributed by atoms with Crippen LogP contribution in [0.5, 0.6) is 0 Å². The zero-order chi connectivity index (χ0) is 25.2. The highest BCUT2D eigenvalue weighted by molar-refractivity contribution is 5.77. The quantitative estimate of drug-likeness (QED) is 0.457. The van der Waals surface area contributed by atoms with Crippen molar-refractivity contribution < 1.29 is 4.39 Å². The maximum Gasteiger partial charge on any atom is 0.278 e. The molecule has 0 spiro atoms. The highest BCUT2D eigenvalue weighted by atomic mass is 19.1. The average Bonchev–Trinajstić information content (AvgIpc) is 3.63. The van der Waals surface area contributed by atoms with Crippen LogP contribution < -0.4 is 10.9 Å². The third-order valence-corrected chi connectivity index (χ3v) is 7.01. The van der Waals surface area contributed by atoms with Crippen molar-refractivity contribution in [1.82, 2.24) is 29.2 Å². The van der Waals surface area contributed by atoms with E-state index in [0.29, 0.717) is 29.2 Å². The molecule has 0 amide bonds. The minimum atomic E-state index is -0.231. The lowest BCUT2D eigenvalue weighted by molar-refractivity contribution is 0.306. The Hall–Kier alpha value is -3.59. The number of likely N-dealkylation sites (N-methyl/N-ethyl adjacent to an activating group) is 1. The molecule has 2 aliphatic rings.